The van der Waals surface area contributed by atoms with Crippen LogP contribution in [-0.2, 0) is 11.3 Å². The molecule has 27 heavy (non-hydrogen) atoms. The Morgan fingerprint density at radius 3 is 2.70 bits per heavy atom. The highest BCUT2D eigenvalue weighted by Crippen LogP contribution is 2.22. The van der Waals surface area contributed by atoms with E-state index in [-0.39, 0.29) is 12.4 Å². The number of nitrogens with zero attached hydrogens (tertiary/aromatic N) is 3. The summed E-state index contributed by atoms with van der Waals surface area (Å²) >= 11 is 5.84. The molecule has 3 rings (SSSR count). The summed E-state index contributed by atoms with van der Waals surface area (Å²) < 4.78 is 11.1. The van der Waals surface area contributed by atoms with Gasteiger partial charge in [0, 0.05) is 16.7 Å². The third kappa shape index (κ3) is 3.87. The van der Waals surface area contributed by atoms with Crippen molar-refractivity contribution in [3.63, 3.8) is 0 Å². The summed E-state index contributed by atoms with van der Waals surface area (Å²) in [7, 11) is 1.08. The van der Waals surface area contributed by atoms with Gasteiger partial charge in [-0.3, -0.25) is 19.5 Å². The van der Waals surface area contributed by atoms with Crippen molar-refractivity contribution >= 4 is 23.3 Å². The molecule has 0 aliphatic heterocycles. The second-order valence-corrected chi connectivity index (χ2v) is 5.86. The van der Waals surface area contributed by atoms with Crippen molar-refractivity contribution in [1.82, 2.24) is 9.55 Å². The van der Waals surface area contributed by atoms with E-state index in [0.717, 1.165) is 29.5 Å². The molecule has 10 heteroatoms. The number of aromatic nitrogens is 2. The fraction of sp³-hybridized carbons (Fsp3) is 0.118. The van der Waals surface area contributed by atoms with Crippen LogP contribution in [0.1, 0.15) is 16.2 Å². The molecule has 0 saturated heterocycles. The van der Waals surface area contributed by atoms with Crippen molar-refractivity contribution in [1.29, 1.82) is 0 Å². The summed E-state index contributed by atoms with van der Waals surface area (Å²) in [6.45, 7) is -0.196. The van der Waals surface area contributed by atoms with E-state index >= 15 is 0 Å². The molecule has 138 valence electrons. The molecule has 0 aliphatic carbocycles. The number of hydrogen-bond donors (Lipinski definition) is 0. The molecular formula is C17H12ClN3O6. The third-order valence-corrected chi connectivity index (χ3v) is 3.93. The van der Waals surface area contributed by atoms with Crippen LogP contribution < -0.4 is 5.56 Å². The van der Waals surface area contributed by atoms with E-state index in [4.69, 9.17) is 16.0 Å². The molecule has 1 aromatic carbocycles. The number of carbonyl (C=O) groups is 1. The largest absolute Gasteiger partial charge is 0.465 e. The van der Waals surface area contributed by atoms with Gasteiger partial charge < -0.3 is 9.15 Å². The molecule has 0 bridgehead atoms. The number of rotatable bonds is 5. The lowest BCUT2D eigenvalue weighted by Gasteiger charge is -2.05. The van der Waals surface area contributed by atoms with Crippen molar-refractivity contribution in [3.8, 4) is 11.3 Å². The van der Waals surface area contributed by atoms with Crippen LogP contribution in [0.25, 0.3) is 11.3 Å². The highest BCUT2D eigenvalue weighted by atomic mass is 35.5. The molecule has 2 aromatic heterocycles. The zero-order chi connectivity index (χ0) is 19.6. The Kier molecular flexibility index (Phi) is 5.04. The minimum atomic E-state index is -0.966. The smallest absolute Gasteiger partial charge is 0.343 e. The molecule has 3 aromatic rings. The highest BCUT2D eigenvalue weighted by Gasteiger charge is 2.20. The van der Waals surface area contributed by atoms with Crippen molar-refractivity contribution in [2.75, 3.05) is 7.11 Å². The Morgan fingerprint density at radius 1 is 1.37 bits per heavy atom. The number of esters is 1. The number of nitro groups is 1. The first-order chi connectivity index (χ1) is 12.9. The van der Waals surface area contributed by atoms with Crippen molar-refractivity contribution in [2.45, 2.75) is 6.54 Å². The zero-order valence-electron chi connectivity index (χ0n) is 13.9. The van der Waals surface area contributed by atoms with Gasteiger partial charge in [0.1, 0.15) is 12.1 Å². The average molecular weight is 390 g/mol. The molecule has 0 atom stereocenters. The van der Waals surface area contributed by atoms with E-state index < -0.39 is 27.7 Å². The van der Waals surface area contributed by atoms with Gasteiger partial charge in [-0.2, -0.15) is 0 Å². The summed E-state index contributed by atoms with van der Waals surface area (Å²) in [5.74, 6) is -0.390. The first-order valence-electron chi connectivity index (χ1n) is 7.57. The Hall–Kier alpha value is -3.46. The Bertz CT molecular complexity index is 1070. The molecule has 9 nitrogen and oxygen atoms in total. The van der Waals surface area contributed by atoms with Crippen LogP contribution in [0.3, 0.4) is 0 Å². The molecule has 0 spiro atoms. The average Bonchev–Trinajstić information content (AvgIpc) is 3.11. The van der Waals surface area contributed by atoms with E-state index in [0.29, 0.717) is 10.8 Å². The fourth-order valence-corrected chi connectivity index (χ4v) is 2.50. The lowest BCUT2D eigenvalue weighted by Crippen LogP contribution is -2.27. The standard InChI is InChI=1S/C17H12ClN3O6/c1-26-17(23)13-6-12(21(24)25)8-20(16(13)22)9-15-19-7-14(27-15)10-2-4-11(18)5-3-10/h2-8H,9H2,1H3. The first kappa shape index (κ1) is 18.3. The number of methoxy groups -OCH3 is 1. The van der Waals surface area contributed by atoms with Crippen molar-refractivity contribution in [2.24, 2.45) is 0 Å². The Labute approximate surface area is 156 Å². The van der Waals surface area contributed by atoms with Gasteiger partial charge in [0.25, 0.3) is 11.2 Å². The number of hydrogen-bond acceptors (Lipinski definition) is 7. The van der Waals surface area contributed by atoms with Gasteiger partial charge in [-0.05, 0) is 24.3 Å². The van der Waals surface area contributed by atoms with E-state index in [9.17, 15) is 19.7 Å². The number of ether oxygens (including phenoxy) is 1. The number of oxazole rings is 1. The quantitative estimate of drug-likeness (QED) is 0.374. The highest BCUT2D eigenvalue weighted by molar-refractivity contribution is 6.30. The second-order valence-electron chi connectivity index (χ2n) is 5.42. The molecule has 2 heterocycles. The molecular weight excluding hydrogens is 378 g/mol. The van der Waals surface area contributed by atoms with E-state index in [2.05, 4.69) is 9.72 Å². The van der Waals surface area contributed by atoms with E-state index in [1.165, 1.54) is 6.20 Å². The summed E-state index contributed by atoms with van der Waals surface area (Å²) in [4.78, 5) is 38.6. The number of benzene rings is 1. The van der Waals surface area contributed by atoms with Gasteiger partial charge in [0.05, 0.1) is 24.4 Å². The SMILES string of the molecule is COC(=O)c1cc([N+](=O)[O-])cn(Cc2ncc(-c3ccc(Cl)cc3)o2)c1=O. The molecule has 0 amide bonds. The molecule has 0 saturated carbocycles. The normalized spacial score (nSPS) is 10.6. The monoisotopic (exact) mass is 389 g/mol. The topological polar surface area (TPSA) is 117 Å². The minimum absolute atomic E-state index is 0.137. The van der Waals surface area contributed by atoms with Crippen molar-refractivity contribution in [3.05, 3.63) is 79.7 Å². The van der Waals surface area contributed by atoms with Gasteiger partial charge in [0.15, 0.2) is 5.76 Å². The lowest BCUT2D eigenvalue weighted by atomic mass is 10.2. The summed E-state index contributed by atoms with van der Waals surface area (Å²) in [6.07, 6.45) is 2.48. The van der Waals surface area contributed by atoms with Crippen LogP contribution in [-0.4, -0.2) is 27.6 Å². The van der Waals surface area contributed by atoms with Crippen molar-refractivity contribution < 1.29 is 18.9 Å². The first-order valence-corrected chi connectivity index (χ1v) is 7.94. The number of pyridine rings is 1. The van der Waals surface area contributed by atoms with E-state index in [1.54, 1.807) is 24.3 Å². The lowest BCUT2D eigenvalue weighted by molar-refractivity contribution is -0.385. The molecule has 0 radical (unpaired) electrons. The minimum Gasteiger partial charge on any atom is -0.465 e. The fourth-order valence-electron chi connectivity index (χ4n) is 2.37. The van der Waals surface area contributed by atoms with E-state index in [1.807, 2.05) is 0 Å². The van der Waals surface area contributed by atoms with Gasteiger partial charge in [-0.1, -0.05) is 11.6 Å². The third-order valence-electron chi connectivity index (χ3n) is 3.68. The van der Waals surface area contributed by atoms with Crippen LogP contribution in [0.5, 0.6) is 0 Å². The maximum atomic E-state index is 12.4. The van der Waals surface area contributed by atoms with Crippen LogP contribution in [0.15, 0.2) is 51.9 Å². The maximum absolute atomic E-state index is 12.4. The summed E-state index contributed by atoms with van der Waals surface area (Å²) in [5, 5.41) is 11.7. The number of halogens is 1. The van der Waals surface area contributed by atoms with Gasteiger partial charge >= 0.3 is 5.97 Å². The van der Waals surface area contributed by atoms with Crippen LogP contribution in [0.2, 0.25) is 5.02 Å². The predicted molar refractivity (Wildman–Crippen MR) is 94.7 cm³/mol. The summed E-state index contributed by atoms with van der Waals surface area (Å²) in [6, 6.07) is 7.72. The Morgan fingerprint density at radius 2 is 2.07 bits per heavy atom. The van der Waals surface area contributed by atoms with Crippen LogP contribution in [0, 0.1) is 10.1 Å². The van der Waals surface area contributed by atoms with Crippen LogP contribution >= 0.6 is 11.6 Å². The zero-order valence-corrected chi connectivity index (χ0v) is 14.7. The molecule has 0 unspecified atom stereocenters. The second kappa shape index (κ2) is 7.42. The predicted octanol–water partition coefficient (Wildman–Crippen LogP) is 2.90. The summed E-state index contributed by atoms with van der Waals surface area (Å²) in [5.41, 5.74) is -0.908. The van der Waals surface area contributed by atoms with Gasteiger partial charge in [0.2, 0.25) is 5.89 Å². The molecule has 0 fully saturated rings. The van der Waals surface area contributed by atoms with Gasteiger partial charge in [-0.25, -0.2) is 9.78 Å². The van der Waals surface area contributed by atoms with Gasteiger partial charge in [-0.15, -0.1) is 0 Å². The Balaban J connectivity index is 1.97. The van der Waals surface area contributed by atoms with Crippen LogP contribution in [0.4, 0.5) is 5.69 Å². The molecule has 0 aliphatic rings. The maximum Gasteiger partial charge on any atom is 0.343 e. The number of carbonyl (C=O) groups excluding carboxylic acids is 1. The molecule has 0 N–H and O–H groups in total.